The fraction of sp³-hybridized carbons (Fsp3) is 0.615. The van der Waals surface area contributed by atoms with Gasteiger partial charge in [0.05, 0.1) is 14.2 Å². The van der Waals surface area contributed by atoms with Crippen LogP contribution in [0, 0.1) is 11.8 Å². The molecule has 172 valence electrons. The molecule has 0 amide bonds. The second-order valence-electron chi connectivity index (χ2n) is 9.90. The first kappa shape index (κ1) is 21.5. The van der Waals surface area contributed by atoms with Gasteiger partial charge in [-0.25, -0.2) is 4.79 Å². The molecule has 2 fully saturated rings. The van der Waals surface area contributed by atoms with Crippen molar-refractivity contribution in [3.8, 4) is 11.5 Å². The van der Waals surface area contributed by atoms with Crippen molar-refractivity contribution in [3.05, 3.63) is 28.8 Å². The lowest BCUT2D eigenvalue weighted by Crippen LogP contribution is -2.60. The number of nitrogens with zero attached hydrogens (tertiary/aromatic N) is 1. The number of likely N-dealkylation sites (N-methyl/N-ethyl adjacent to an activating group) is 1. The molecule has 1 heterocycles. The number of benzene rings is 1. The Morgan fingerprint density at radius 3 is 2.75 bits per heavy atom. The molecule has 0 aromatic heterocycles. The first-order valence-electron chi connectivity index (χ1n) is 11.9. The van der Waals surface area contributed by atoms with E-state index in [-0.39, 0.29) is 17.2 Å². The van der Waals surface area contributed by atoms with Gasteiger partial charge in [0.15, 0.2) is 23.4 Å². The zero-order valence-electron chi connectivity index (χ0n) is 19.5. The van der Waals surface area contributed by atoms with Crippen molar-refractivity contribution in [2.24, 2.45) is 11.8 Å². The van der Waals surface area contributed by atoms with Gasteiger partial charge < -0.3 is 14.2 Å². The topological polar surface area (TPSA) is 65.1 Å². The monoisotopic (exact) mass is 439 g/mol. The highest BCUT2D eigenvalue weighted by Crippen LogP contribution is 2.61. The van der Waals surface area contributed by atoms with Crippen LogP contribution in [0.5, 0.6) is 11.5 Å². The summed E-state index contributed by atoms with van der Waals surface area (Å²) in [5, 5.41) is 0. The van der Waals surface area contributed by atoms with Crippen LogP contribution in [-0.4, -0.2) is 56.1 Å². The van der Waals surface area contributed by atoms with E-state index in [1.54, 1.807) is 7.11 Å². The fourth-order valence-corrected chi connectivity index (χ4v) is 6.47. The van der Waals surface area contributed by atoms with E-state index in [9.17, 15) is 9.59 Å². The maximum atomic E-state index is 13.0. The van der Waals surface area contributed by atoms with Crippen LogP contribution >= 0.6 is 0 Å². The van der Waals surface area contributed by atoms with E-state index in [2.05, 4.69) is 18.7 Å². The van der Waals surface area contributed by atoms with Gasteiger partial charge in [0.25, 0.3) is 0 Å². The Kier molecular flexibility index (Phi) is 5.31. The van der Waals surface area contributed by atoms with Crippen LogP contribution < -0.4 is 9.47 Å². The number of hydrogen-bond donors (Lipinski definition) is 0. The predicted molar refractivity (Wildman–Crippen MR) is 121 cm³/mol. The second kappa shape index (κ2) is 7.91. The van der Waals surface area contributed by atoms with Gasteiger partial charge in [-0.05, 0) is 67.3 Å². The molecule has 32 heavy (non-hydrogen) atoms. The van der Waals surface area contributed by atoms with Crippen LogP contribution in [0.2, 0.25) is 0 Å². The summed E-state index contributed by atoms with van der Waals surface area (Å²) >= 11 is 0. The number of carbonyl (C=O) groups is 2. The summed E-state index contributed by atoms with van der Waals surface area (Å²) in [7, 11) is 3.00. The average Bonchev–Trinajstić information content (AvgIpc) is 3.55. The van der Waals surface area contributed by atoms with Crippen LogP contribution in [0.1, 0.15) is 56.2 Å². The largest absolute Gasteiger partial charge is 0.493 e. The molecule has 1 aliphatic heterocycles. The minimum atomic E-state index is -0.467. The molecule has 0 bridgehead atoms. The third-order valence-electron chi connectivity index (χ3n) is 8.23. The maximum absolute atomic E-state index is 13.0. The van der Waals surface area contributed by atoms with Crippen molar-refractivity contribution in [3.63, 3.8) is 0 Å². The van der Waals surface area contributed by atoms with Gasteiger partial charge >= 0.3 is 5.97 Å². The predicted octanol–water partition coefficient (Wildman–Crippen LogP) is 3.54. The molecule has 2 saturated carbocycles. The molecule has 0 N–H and O–H groups in total. The first-order chi connectivity index (χ1) is 15.4. The molecule has 1 aromatic carbocycles. The molecule has 6 nitrogen and oxygen atoms in total. The van der Waals surface area contributed by atoms with Gasteiger partial charge in [-0.3, -0.25) is 9.69 Å². The standard InChI is InChI=1S/C26H33NO5/c1-5-27(14-15-6-7-15)19-13-17-16(8-11-22(29)31-4)12-21(30-3)24-23(17)26(2)18(19)9-10-20(28)25(26)32-24/h8,11-12,15,18-19,25H,5-7,9-10,13-14H2,1-4H3/b11-8+/t18?,19?,25-,26-/m1/s1. The smallest absolute Gasteiger partial charge is 0.330 e. The Morgan fingerprint density at radius 2 is 2.09 bits per heavy atom. The average molecular weight is 440 g/mol. The van der Waals surface area contributed by atoms with Crippen LogP contribution in [0.15, 0.2) is 12.1 Å². The molecule has 5 rings (SSSR count). The highest BCUT2D eigenvalue weighted by Gasteiger charge is 2.62. The highest BCUT2D eigenvalue weighted by molar-refractivity contribution is 5.90. The van der Waals surface area contributed by atoms with E-state index >= 15 is 0 Å². The molecule has 3 aliphatic carbocycles. The fourth-order valence-electron chi connectivity index (χ4n) is 6.47. The lowest BCUT2D eigenvalue weighted by atomic mass is 9.55. The Bertz CT molecular complexity index is 981. The van der Waals surface area contributed by atoms with E-state index in [1.165, 1.54) is 31.6 Å². The quantitative estimate of drug-likeness (QED) is 0.478. The van der Waals surface area contributed by atoms with Crippen molar-refractivity contribution < 1.29 is 23.8 Å². The van der Waals surface area contributed by atoms with Gasteiger partial charge in [0.1, 0.15) is 0 Å². The zero-order chi connectivity index (χ0) is 22.6. The second-order valence-corrected chi connectivity index (χ2v) is 9.90. The van der Waals surface area contributed by atoms with Gasteiger partial charge in [0, 0.05) is 36.1 Å². The number of ketones is 1. The number of carbonyl (C=O) groups excluding carboxylic acids is 2. The molecule has 0 spiro atoms. The Balaban J connectivity index is 1.67. The molecule has 1 aromatic rings. The minimum absolute atomic E-state index is 0.186. The number of Topliss-reactive ketones (excluding diaryl/α,β-unsaturated/α-hetero) is 1. The zero-order valence-corrected chi connectivity index (χ0v) is 19.5. The van der Waals surface area contributed by atoms with E-state index in [0.29, 0.717) is 29.9 Å². The van der Waals surface area contributed by atoms with Crippen molar-refractivity contribution in [1.29, 1.82) is 0 Å². The third kappa shape index (κ3) is 3.18. The van der Waals surface area contributed by atoms with E-state index in [1.807, 2.05) is 12.1 Å². The first-order valence-corrected chi connectivity index (χ1v) is 11.9. The summed E-state index contributed by atoms with van der Waals surface area (Å²) < 4.78 is 16.9. The van der Waals surface area contributed by atoms with Crippen molar-refractivity contribution in [2.75, 3.05) is 27.3 Å². The lowest BCUT2D eigenvalue weighted by Gasteiger charge is -2.52. The SMILES string of the molecule is CCN(CC1CC1)C1Cc2c(/C=C/C(=O)OC)cc(OC)c3c2[C@@]2(C)C1CCC(=O)[C@H]2O3. The number of rotatable bonds is 7. The van der Waals surface area contributed by atoms with Crippen LogP contribution in [0.4, 0.5) is 0 Å². The van der Waals surface area contributed by atoms with Crippen LogP contribution in [0.3, 0.4) is 0 Å². The number of esters is 1. The van der Waals surface area contributed by atoms with Crippen molar-refractivity contribution >= 4 is 17.8 Å². The Morgan fingerprint density at radius 1 is 1.31 bits per heavy atom. The van der Waals surface area contributed by atoms with E-state index < -0.39 is 6.10 Å². The lowest BCUT2D eigenvalue weighted by molar-refractivity contribution is -0.135. The maximum Gasteiger partial charge on any atom is 0.330 e. The summed E-state index contributed by atoms with van der Waals surface area (Å²) in [6, 6.07) is 2.29. The molecule has 0 saturated heterocycles. The molecule has 4 aliphatic rings. The van der Waals surface area contributed by atoms with Crippen molar-refractivity contribution in [2.45, 2.75) is 63.5 Å². The molecule has 0 radical (unpaired) electrons. The third-order valence-corrected chi connectivity index (χ3v) is 8.23. The summed E-state index contributed by atoms with van der Waals surface area (Å²) in [4.78, 5) is 27.5. The minimum Gasteiger partial charge on any atom is -0.493 e. The Hall–Kier alpha value is -2.34. The number of methoxy groups -OCH3 is 2. The van der Waals surface area contributed by atoms with Gasteiger partial charge in [-0.2, -0.15) is 0 Å². The molecular weight excluding hydrogens is 406 g/mol. The summed E-state index contributed by atoms with van der Waals surface area (Å²) in [6.45, 7) is 6.59. The number of ether oxygens (including phenoxy) is 3. The summed E-state index contributed by atoms with van der Waals surface area (Å²) in [5.74, 6) is 2.29. The normalized spacial score (nSPS) is 30.4. The van der Waals surface area contributed by atoms with E-state index in [4.69, 9.17) is 14.2 Å². The Labute approximate surface area is 189 Å². The van der Waals surface area contributed by atoms with Crippen molar-refractivity contribution in [1.82, 2.24) is 4.90 Å². The van der Waals surface area contributed by atoms with Crippen LogP contribution in [-0.2, 0) is 26.2 Å². The van der Waals surface area contributed by atoms with Gasteiger partial charge in [-0.15, -0.1) is 0 Å². The molecule has 6 heteroatoms. The van der Waals surface area contributed by atoms with Gasteiger partial charge in [0.2, 0.25) is 0 Å². The summed E-state index contributed by atoms with van der Waals surface area (Å²) in [5.41, 5.74) is 2.85. The van der Waals surface area contributed by atoms with E-state index in [0.717, 1.165) is 43.0 Å². The molecular formula is C26H33NO5. The molecule has 2 unspecified atom stereocenters. The number of hydrogen-bond acceptors (Lipinski definition) is 6. The highest BCUT2D eigenvalue weighted by atomic mass is 16.5. The van der Waals surface area contributed by atoms with Gasteiger partial charge in [-0.1, -0.05) is 13.8 Å². The van der Waals surface area contributed by atoms with Crippen LogP contribution in [0.25, 0.3) is 6.08 Å². The molecule has 4 atom stereocenters. The summed E-state index contributed by atoms with van der Waals surface area (Å²) in [6.07, 6.45) is 7.81.